The Labute approximate surface area is 120 Å². The molecule has 1 unspecified atom stereocenters. The van der Waals surface area contributed by atoms with Gasteiger partial charge in [-0.2, -0.15) is 0 Å². The van der Waals surface area contributed by atoms with Crippen molar-refractivity contribution in [2.24, 2.45) is 0 Å². The van der Waals surface area contributed by atoms with Gasteiger partial charge in [0.2, 0.25) is 0 Å². The molecule has 102 valence electrons. The zero-order valence-corrected chi connectivity index (χ0v) is 12.3. The van der Waals surface area contributed by atoms with Gasteiger partial charge in [0.25, 0.3) is 0 Å². The number of terminal acetylenes is 1. The number of ether oxygens (including phenoxy) is 1. The minimum atomic E-state index is 0.589. The zero-order valence-electron chi connectivity index (χ0n) is 11.4. The number of hydrogen-bond donors (Lipinski definition) is 1. The van der Waals surface area contributed by atoms with Gasteiger partial charge < -0.3 is 10.1 Å². The third-order valence-electron chi connectivity index (χ3n) is 3.51. The standard InChI is InChI=1S/C16H21NOS/c1-3-9-19-10-8-17-15-6-4-13-5-7-16(18-2)12-14(13)11-15/h1,5,7,12,15,17H,4,6,8-11H2,2H3. The van der Waals surface area contributed by atoms with E-state index in [1.807, 2.05) is 11.8 Å². The van der Waals surface area contributed by atoms with Crippen molar-refractivity contribution in [3.8, 4) is 18.1 Å². The monoisotopic (exact) mass is 275 g/mol. The fourth-order valence-corrected chi connectivity index (χ4v) is 3.03. The molecule has 3 heteroatoms. The summed E-state index contributed by atoms with van der Waals surface area (Å²) in [6.07, 6.45) is 8.72. The number of hydrogen-bond acceptors (Lipinski definition) is 3. The molecule has 1 aliphatic rings. The van der Waals surface area contributed by atoms with Crippen molar-refractivity contribution >= 4 is 11.8 Å². The smallest absolute Gasteiger partial charge is 0.119 e. The fraction of sp³-hybridized carbons (Fsp3) is 0.500. The average Bonchev–Trinajstić information content (AvgIpc) is 2.46. The lowest BCUT2D eigenvalue weighted by atomic mass is 9.88. The van der Waals surface area contributed by atoms with E-state index in [9.17, 15) is 0 Å². The molecule has 0 bridgehead atoms. The van der Waals surface area contributed by atoms with Gasteiger partial charge in [-0.05, 0) is 42.5 Å². The van der Waals surface area contributed by atoms with E-state index in [-0.39, 0.29) is 0 Å². The normalized spacial score (nSPS) is 17.6. The first-order valence-electron chi connectivity index (χ1n) is 6.74. The van der Waals surface area contributed by atoms with Crippen molar-refractivity contribution in [3.05, 3.63) is 29.3 Å². The number of rotatable bonds is 6. The summed E-state index contributed by atoms with van der Waals surface area (Å²) in [5.41, 5.74) is 2.90. The van der Waals surface area contributed by atoms with Gasteiger partial charge in [-0.25, -0.2) is 0 Å². The van der Waals surface area contributed by atoms with E-state index in [1.165, 1.54) is 17.5 Å². The highest BCUT2D eigenvalue weighted by Crippen LogP contribution is 2.25. The molecule has 0 aliphatic heterocycles. The van der Waals surface area contributed by atoms with Gasteiger partial charge in [-0.1, -0.05) is 12.0 Å². The Morgan fingerprint density at radius 3 is 3.16 bits per heavy atom. The maximum absolute atomic E-state index is 5.30. The van der Waals surface area contributed by atoms with Gasteiger partial charge in [0.05, 0.1) is 12.9 Å². The molecule has 1 atom stereocenters. The predicted octanol–water partition coefficient (Wildman–Crippen LogP) is 2.51. The highest BCUT2D eigenvalue weighted by Gasteiger charge is 2.18. The molecule has 2 rings (SSSR count). The molecular formula is C16H21NOS. The molecule has 1 aliphatic carbocycles. The molecule has 1 aromatic rings. The molecule has 1 N–H and O–H groups in total. The highest BCUT2D eigenvalue weighted by atomic mass is 32.2. The molecule has 2 nitrogen and oxygen atoms in total. The largest absolute Gasteiger partial charge is 0.497 e. The quantitative estimate of drug-likeness (QED) is 0.637. The Bertz CT molecular complexity index is 453. The minimum absolute atomic E-state index is 0.589. The summed E-state index contributed by atoms with van der Waals surface area (Å²) in [5.74, 6) is 5.52. The maximum atomic E-state index is 5.30. The van der Waals surface area contributed by atoms with E-state index in [0.717, 1.165) is 36.6 Å². The van der Waals surface area contributed by atoms with Crippen LogP contribution in [0.3, 0.4) is 0 Å². The molecule has 0 fully saturated rings. The number of benzene rings is 1. The lowest BCUT2D eigenvalue weighted by molar-refractivity contribution is 0.411. The first-order chi connectivity index (χ1) is 9.33. The summed E-state index contributed by atoms with van der Waals surface area (Å²) in [7, 11) is 1.73. The highest BCUT2D eigenvalue weighted by molar-refractivity contribution is 7.99. The Hall–Kier alpha value is -1.11. The van der Waals surface area contributed by atoms with Crippen LogP contribution in [0.15, 0.2) is 18.2 Å². The van der Waals surface area contributed by atoms with Crippen molar-refractivity contribution in [3.63, 3.8) is 0 Å². The van der Waals surface area contributed by atoms with E-state index in [2.05, 4.69) is 29.4 Å². The first kappa shape index (κ1) is 14.3. The van der Waals surface area contributed by atoms with Crippen molar-refractivity contribution in [1.29, 1.82) is 0 Å². The van der Waals surface area contributed by atoms with Gasteiger partial charge in [-0.3, -0.25) is 0 Å². The molecular weight excluding hydrogens is 254 g/mol. The Balaban J connectivity index is 1.82. The van der Waals surface area contributed by atoms with Crippen molar-refractivity contribution in [2.75, 3.05) is 25.2 Å². The van der Waals surface area contributed by atoms with Crippen LogP contribution < -0.4 is 10.1 Å². The predicted molar refractivity (Wildman–Crippen MR) is 83.0 cm³/mol. The SMILES string of the molecule is C#CCSCCNC1CCc2ccc(OC)cc2C1. The number of methoxy groups -OCH3 is 1. The molecule has 0 spiro atoms. The molecule has 0 aromatic heterocycles. The molecule has 0 amide bonds. The van der Waals surface area contributed by atoms with Gasteiger partial charge in [0.1, 0.15) is 5.75 Å². The second kappa shape index (κ2) is 7.47. The van der Waals surface area contributed by atoms with E-state index in [4.69, 9.17) is 11.2 Å². The summed E-state index contributed by atoms with van der Waals surface area (Å²) < 4.78 is 5.30. The fourth-order valence-electron chi connectivity index (χ4n) is 2.50. The number of nitrogens with one attached hydrogen (secondary N) is 1. The van der Waals surface area contributed by atoms with Crippen LogP contribution in [0.25, 0.3) is 0 Å². The van der Waals surface area contributed by atoms with Crippen LogP contribution in [-0.4, -0.2) is 31.2 Å². The van der Waals surface area contributed by atoms with E-state index < -0.39 is 0 Å². The zero-order chi connectivity index (χ0) is 13.5. The Morgan fingerprint density at radius 2 is 2.37 bits per heavy atom. The van der Waals surface area contributed by atoms with Crippen LogP contribution >= 0.6 is 11.8 Å². The van der Waals surface area contributed by atoms with Gasteiger partial charge in [0.15, 0.2) is 0 Å². The Kier molecular flexibility index (Phi) is 5.62. The van der Waals surface area contributed by atoms with Crippen molar-refractivity contribution in [1.82, 2.24) is 5.32 Å². The van der Waals surface area contributed by atoms with E-state index >= 15 is 0 Å². The van der Waals surface area contributed by atoms with Crippen LogP contribution in [-0.2, 0) is 12.8 Å². The summed E-state index contributed by atoms with van der Waals surface area (Å²) in [6.45, 7) is 1.04. The molecule has 0 heterocycles. The second-order valence-corrected chi connectivity index (χ2v) is 5.89. The molecule has 0 saturated carbocycles. The topological polar surface area (TPSA) is 21.3 Å². The third kappa shape index (κ3) is 4.19. The van der Waals surface area contributed by atoms with Gasteiger partial charge in [-0.15, -0.1) is 18.2 Å². The average molecular weight is 275 g/mol. The van der Waals surface area contributed by atoms with Crippen LogP contribution in [0.1, 0.15) is 17.5 Å². The number of thioether (sulfide) groups is 1. The lowest BCUT2D eigenvalue weighted by Crippen LogP contribution is -2.35. The van der Waals surface area contributed by atoms with Gasteiger partial charge >= 0.3 is 0 Å². The summed E-state index contributed by atoms with van der Waals surface area (Å²) in [5, 5.41) is 3.63. The minimum Gasteiger partial charge on any atom is -0.497 e. The molecule has 19 heavy (non-hydrogen) atoms. The van der Waals surface area contributed by atoms with Crippen LogP contribution in [0.2, 0.25) is 0 Å². The van der Waals surface area contributed by atoms with E-state index in [1.54, 1.807) is 7.11 Å². The third-order valence-corrected chi connectivity index (χ3v) is 4.37. The molecule has 0 saturated heterocycles. The lowest BCUT2D eigenvalue weighted by Gasteiger charge is -2.26. The summed E-state index contributed by atoms with van der Waals surface area (Å²) in [4.78, 5) is 0. The van der Waals surface area contributed by atoms with Crippen LogP contribution in [0.5, 0.6) is 5.75 Å². The van der Waals surface area contributed by atoms with E-state index in [0.29, 0.717) is 6.04 Å². The maximum Gasteiger partial charge on any atom is 0.119 e. The molecule has 1 aromatic carbocycles. The van der Waals surface area contributed by atoms with Crippen LogP contribution in [0, 0.1) is 12.3 Å². The van der Waals surface area contributed by atoms with Crippen LogP contribution in [0.4, 0.5) is 0 Å². The Morgan fingerprint density at radius 1 is 1.47 bits per heavy atom. The van der Waals surface area contributed by atoms with Crippen molar-refractivity contribution < 1.29 is 4.74 Å². The van der Waals surface area contributed by atoms with Gasteiger partial charge in [0, 0.05) is 18.3 Å². The number of fused-ring (bicyclic) bond motifs is 1. The summed E-state index contributed by atoms with van der Waals surface area (Å²) >= 11 is 1.81. The summed E-state index contributed by atoms with van der Waals surface area (Å²) in [6, 6.07) is 7.03. The second-order valence-electron chi connectivity index (χ2n) is 4.79. The molecule has 0 radical (unpaired) electrons. The van der Waals surface area contributed by atoms with Crippen molar-refractivity contribution in [2.45, 2.75) is 25.3 Å². The first-order valence-corrected chi connectivity index (χ1v) is 7.89. The number of aryl methyl sites for hydroxylation is 1.